The maximum absolute atomic E-state index is 13.1. The van der Waals surface area contributed by atoms with E-state index >= 15 is 0 Å². The summed E-state index contributed by atoms with van der Waals surface area (Å²) in [6.45, 7) is 13.6. The van der Waals surface area contributed by atoms with E-state index in [0.717, 1.165) is 16.7 Å². The van der Waals surface area contributed by atoms with Gasteiger partial charge < -0.3 is 0 Å². The summed E-state index contributed by atoms with van der Waals surface area (Å²) in [6, 6.07) is 2.59. The van der Waals surface area contributed by atoms with Crippen LogP contribution in [0.3, 0.4) is 0 Å². The van der Waals surface area contributed by atoms with Gasteiger partial charge in [-0.05, 0) is 46.6 Å². The average molecular weight is 272 g/mol. The second kappa shape index (κ2) is 4.53. The quantitative estimate of drug-likeness (QED) is 0.576. The maximum atomic E-state index is 13.1. The van der Waals surface area contributed by atoms with Crippen LogP contribution >= 0.6 is 0 Å². The van der Waals surface area contributed by atoms with E-state index in [9.17, 15) is 13.2 Å². The largest absolute Gasteiger partial charge is 0.416 e. The minimum Gasteiger partial charge on any atom is -0.166 e. The molecular formula is C16H23F3. The number of benzene rings is 1. The molecule has 0 radical (unpaired) electrons. The van der Waals surface area contributed by atoms with E-state index in [2.05, 4.69) is 0 Å². The van der Waals surface area contributed by atoms with Gasteiger partial charge >= 0.3 is 6.18 Å². The summed E-state index contributed by atoms with van der Waals surface area (Å²) in [5, 5.41) is 0. The van der Waals surface area contributed by atoms with Crippen LogP contribution in [0.4, 0.5) is 13.2 Å². The van der Waals surface area contributed by atoms with Gasteiger partial charge in [-0.15, -0.1) is 0 Å². The van der Waals surface area contributed by atoms with Crippen LogP contribution in [0.1, 0.15) is 63.8 Å². The second-order valence-electron chi connectivity index (χ2n) is 7.19. The Morgan fingerprint density at radius 3 is 1.26 bits per heavy atom. The van der Waals surface area contributed by atoms with Gasteiger partial charge in [0, 0.05) is 0 Å². The monoisotopic (exact) mass is 272 g/mol. The van der Waals surface area contributed by atoms with E-state index in [1.54, 1.807) is 0 Å². The van der Waals surface area contributed by atoms with Crippen molar-refractivity contribution in [3.8, 4) is 0 Å². The molecule has 19 heavy (non-hydrogen) atoms. The Balaban J connectivity index is 3.68. The first-order chi connectivity index (χ1) is 8.24. The highest BCUT2D eigenvalue weighted by Crippen LogP contribution is 2.39. The summed E-state index contributed by atoms with van der Waals surface area (Å²) in [6.07, 6.45) is -4.30. The molecule has 1 aromatic rings. The van der Waals surface area contributed by atoms with Crippen LogP contribution in [0, 0.1) is 6.92 Å². The Morgan fingerprint density at radius 1 is 0.737 bits per heavy atom. The summed E-state index contributed by atoms with van der Waals surface area (Å²) in [7, 11) is 0. The summed E-state index contributed by atoms with van der Waals surface area (Å²) < 4.78 is 39.2. The SMILES string of the molecule is Cc1c(C(C)(C)C)cc(C(F)(F)F)cc1C(C)(C)C. The van der Waals surface area contributed by atoms with Crippen molar-refractivity contribution in [3.63, 3.8) is 0 Å². The summed E-state index contributed by atoms with van der Waals surface area (Å²) in [4.78, 5) is 0. The molecule has 0 aliphatic carbocycles. The Morgan fingerprint density at radius 2 is 1.05 bits per heavy atom. The van der Waals surface area contributed by atoms with Crippen molar-refractivity contribution in [3.05, 3.63) is 34.4 Å². The zero-order valence-electron chi connectivity index (χ0n) is 12.8. The Kier molecular flexibility index (Phi) is 3.83. The Bertz CT molecular complexity index is 433. The molecule has 0 saturated carbocycles. The minimum atomic E-state index is -4.30. The van der Waals surface area contributed by atoms with Gasteiger partial charge in [0.15, 0.2) is 0 Å². The predicted octanol–water partition coefficient (Wildman–Crippen LogP) is 5.61. The molecule has 0 atom stereocenters. The Hall–Kier alpha value is -0.990. The second-order valence-corrected chi connectivity index (χ2v) is 7.19. The lowest BCUT2D eigenvalue weighted by Gasteiger charge is -2.30. The molecule has 0 bridgehead atoms. The number of hydrogen-bond acceptors (Lipinski definition) is 0. The van der Waals surface area contributed by atoms with Crippen LogP contribution in [0.25, 0.3) is 0 Å². The zero-order chi connectivity index (χ0) is 15.2. The average Bonchev–Trinajstić information content (AvgIpc) is 2.11. The minimum absolute atomic E-state index is 0.300. The first-order valence-corrected chi connectivity index (χ1v) is 6.47. The first kappa shape index (κ1) is 16.1. The number of rotatable bonds is 0. The molecule has 0 fully saturated rings. The molecule has 108 valence electrons. The highest BCUT2D eigenvalue weighted by molar-refractivity contribution is 5.45. The first-order valence-electron chi connectivity index (χ1n) is 6.47. The molecule has 1 aromatic carbocycles. The molecule has 0 spiro atoms. The molecule has 0 nitrogen and oxygen atoms in total. The van der Waals surface area contributed by atoms with Crippen molar-refractivity contribution in [2.24, 2.45) is 0 Å². The van der Waals surface area contributed by atoms with Gasteiger partial charge in [-0.3, -0.25) is 0 Å². The van der Waals surface area contributed by atoms with Gasteiger partial charge in [-0.1, -0.05) is 41.5 Å². The van der Waals surface area contributed by atoms with Crippen LogP contribution < -0.4 is 0 Å². The molecule has 0 aliphatic heterocycles. The molecule has 0 saturated heterocycles. The smallest absolute Gasteiger partial charge is 0.166 e. The van der Waals surface area contributed by atoms with Gasteiger partial charge in [0.05, 0.1) is 5.56 Å². The third-order valence-electron chi connectivity index (χ3n) is 3.35. The van der Waals surface area contributed by atoms with Gasteiger partial charge in [-0.25, -0.2) is 0 Å². The molecule has 0 N–H and O–H groups in total. The molecule has 3 heteroatoms. The normalized spacial score (nSPS) is 13.8. The van der Waals surface area contributed by atoms with E-state index in [4.69, 9.17) is 0 Å². The zero-order valence-corrected chi connectivity index (χ0v) is 12.8. The van der Waals surface area contributed by atoms with Crippen molar-refractivity contribution in [2.45, 2.75) is 65.5 Å². The molecule has 0 aromatic heterocycles. The van der Waals surface area contributed by atoms with Gasteiger partial charge in [-0.2, -0.15) is 13.2 Å². The van der Waals surface area contributed by atoms with E-state index in [1.807, 2.05) is 48.5 Å². The summed E-state index contributed by atoms with van der Waals surface area (Å²) in [5.74, 6) is 0. The standard InChI is InChI=1S/C16H23F3/c1-10-12(14(2,3)4)8-11(16(17,18)19)9-13(10)15(5,6)7/h8-9H,1-7H3. The van der Waals surface area contributed by atoms with Crippen LogP contribution in [-0.4, -0.2) is 0 Å². The molecule has 0 amide bonds. The lowest BCUT2D eigenvalue weighted by Crippen LogP contribution is -2.22. The summed E-state index contributed by atoms with van der Waals surface area (Å²) >= 11 is 0. The fraction of sp³-hybridized carbons (Fsp3) is 0.625. The maximum Gasteiger partial charge on any atom is 0.416 e. The highest BCUT2D eigenvalue weighted by atomic mass is 19.4. The van der Waals surface area contributed by atoms with Crippen molar-refractivity contribution < 1.29 is 13.2 Å². The lowest BCUT2D eigenvalue weighted by molar-refractivity contribution is -0.137. The Labute approximate surface area is 114 Å². The van der Waals surface area contributed by atoms with Gasteiger partial charge in [0.2, 0.25) is 0 Å². The third kappa shape index (κ3) is 3.52. The number of halogens is 3. The van der Waals surface area contributed by atoms with Crippen LogP contribution in [-0.2, 0) is 17.0 Å². The molecule has 1 rings (SSSR count). The fourth-order valence-corrected chi connectivity index (χ4v) is 2.44. The van der Waals surface area contributed by atoms with Gasteiger partial charge in [0.1, 0.15) is 0 Å². The van der Waals surface area contributed by atoms with Crippen LogP contribution in [0.5, 0.6) is 0 Å². The highest BCUT2D eigenvalue weighted by Gasteiger charge is 2.34. The van der Waals surface area contributed by atoms with Gasteiger partial charge in [0.25, 0.3) is 0 Å². The predicted molar refractivity (Wildman–Crippen MR) is 73.6 cm³/mol. The number of alkyl halides is 3. The molecule has 0 aliphatic rings. The van der Waals surface area contributed by atoms with E-state index in [-0.39, 0.29) is 10.8 Å². The van der Waals surface area contributed by atoms with Crippen molar-refractivity contribution in [1.82, 2.24) is 0 Å². The van der Waals surface area contributed by atoms with Crippen LogP contribution in [0.15, 0.2) is 12.1 Å². The fourth-order valence-electron chi connectivity index (χ4n) is 2.44. The third-order valence-corrected chi connectivity index (χ3v) is 3.35. The van der Waals surface area contributed by atoms with E-state index in [1.165, 1.54) is 12.1 Å². The molecule has 0 unspecified atom stereocenters. The molecule has 0 heterocycles. The number of hydrogen-bond donors (Lipinski definition) is 0. The van der Waals surface area contributed by atoms with Crippen molar-refractivity contribution in [2.75, 3.05) is 0 Å². The lowest BCUT2D eigenvalue weighted by atomic mass is 9.75. The van der Waals surface area contributed by atoms with Crippen molar-refractivity contribution >= 4 is 0 Å². The summed E-state index contributed by atoms with van der Waals surface area (Å²) in [5.41, 5.74) is 1.36. The topological polar surface area (TPSA) is 0 Å². The van der Waals surface area contributed by atoms with E-state index in [0.29, 0.717) is 0 Å². The van der Waals surface area contributed by atoms with E-state index < -0.39 is 11.7 Å². The van der Waals surface area contributed by atoms with Crippen molar-refractivity contribution in [1.29, 1.82) is 0 Å². The van der Waals surface area contributed by atoms with Crippen LogP contribution in [0.2, 0.25) is 0 Å². The molecular weight excluding hydrogens is 249 g/mol.